The lowest BCUT2D eigenvalue weighted by Crippen LogP contribution is -2.29. The molecule has 1 amide bonds. The van der Waals surface area contributed by atoms with Gasteiger partial charge in [-0.15, -0.1) is 5.10 Å². The van der Waals surface area contributed by atoms with Crippen molar-refractivity contribution in [3.05, 3.63) is 22.5 Å². The van der Waals surface area contributed by atoms with E-state index in [4.69, 9.17) is 9.47 Å². The lowest BCUT2D eigenvalue weighted by molar-refractivity contribution is 0.0790. The first kappa shape index (κ1) is 19.3. The summed E-state index contributed by atoms with van der Waals surface area (Å²) in [6.45, 7) is 2.43. The minimum absolute atomic E-state index is 0.101. The number of fused-ring (bicyclic) bond motifs is 1. The Labute approximate surface area is 148 Å². The Balaban J connectivity index is 1.68. The number of imidazole rings is 1. The normalized spacial score (nSPS) is 11.1. The first-order chi connectivity index (χ1) is 12.1. The largest absolute Gasteiger partial charge is 0.382 e. The summed E-state index contributed by atoms with van der Waals surface area (Å²) < 4.78 is 12.5. The van der Waals surface area contributed by atoms with Gasteiger partial charge < -0.3 is 14.8 Å². The van der Waals surface area contributed by atoms with Crippen molar-refractivity contribution in [3.63, 3.8) is 0 Å². The first-order valence-corrected chi connectivity index (χ1v) is 9.00. The molecule has 2 heterocycles. The van der Waals surface area contributed by atoms with Crippen molar-refractivity contribution in [2.75, 3.05) is 45.0 Å². The fraction of sp³-hybridized carbons (Fsp3) is 0.643. The molecule has 2 aromatic heterocycles. The fourth-order valence-electron chi connectivity index (χ4n) is 1.97. The number of ether oxygens (including phenoxy) is 2. The monoisotopic (exact) mass is 370 g/mol. The van der Waals surface area contributed by atoms with E-state index in [9.17, 15) is 9.59 Å². The third-order valence-electron chi connectivity index (χ3n) is 3.27. The summed E-state index contributed by atoms with van der Waals surface area (Å²) in [5, 5.41) is 10.3. The van der Waals surface area contributed by atoms with E-state index in [1.807, 2.05) is 0 Å². The maximum Gasteiger partial charge on any atom is 0.352 e. The van der Waals surface area contributed by atoms with Crippen LogP contribution in [0.4, 0.5) is 0 Å². The molecule has 0 bridgehead atoms. The summed E-state index contributed by atoms with van der Waals surface area (Å²) in [5.41, 5.74) is -0.145. The summed E-state index contributed by atoms with van der Waals surface area (Å²) in [7, 11) is 3.12. The molecule has 138 valence electrons. The quantitative estimate of drug-likeness (QED) is 0.519. The van der Waals surface area contributed by atoms with Crippen LogP contribution in [0.5, 0.6) is 0 Å². The number of nitrogens with one attached hydrogen (secondary N) is 1. The average Bonchev–Trinajstić information content (AvgIpc) is 3.04. The lowest BCUT2D eigenvalue weighted by Gasteiger charge is -2.05. The molecule has 2 aromatic rings. The lowest BCUT2D eigenvalue weighted by atomic mass is 10.4. The molecule has 0 fully saturated rings. The molecule has 0 radical (unpaired) electrons. The van der Waals surface area contributed by atoms with Gasteiger partial charge in [0.2, 0.25) is 0 Å². The second kappa shape index (κ2) is 10.1. The Morgan fingerprint density at radius 3 is 2.96 bits per heavy atom. The van der Waals surface area contributed by atoms with Gasteiger partial charge in [0.05, 0.1) is 19.8 Å². The predicted molar refractivity (Wildman–Crippen MR) is 93.0 cm³/mol. The Bertz CT molecular complexity index is 746. The number of hydrogen-bond donors (Lipinski definition) is 1. The van der Waals surface area contributed by atoms with E-state index in [-0.39, 0.29) is 17.2 Å². The molecule has 0 saturated heterocycles. The maximum absolute atomic E-state index is 12.1. The summed E-state index contributed by atoms with van der Waals surface area (Å²) in [6, 6.07) is 0. The molecule has 0 aliphatic heterocycles. The average molecular weight is 370 g/mol. The van der Waals surface area contributed by atoms with Gasteiger partial charge in [-0.05, 0) is 12.2 Å². The summed E-state index contributed by atoms with van der Waals surface area (Å²) >= 11 is 1.76. The van der Waals surface area contributed by atoms with Crippen molar-refractivity contribution in [1.82, 2.24) is 29.7 Å². The molecular weight excluding hydrogens is 348 g/mol. The van der Waals surface area contributed by atoms with Crippen LogP contribution in [0.15, 0.2) is 11.1 Å². The van der Waals surface area contributed by atoms with Gasteiger partial charge in [0.15, 0.2) is 11.3 Å². The van der Waals surface area contributed by atoms with Crippen LogP contribution in [-0.4, -0.2) is 75.3 Å². The van der Waals surface area contributed by atoms with Crippen LogP contribution >= 0.6 is 11.8 Å². The van der Waals surface area contributed by atoms with Gasteiger partial charge in [0, 0.05) is 26.5 Å². The summed E-state index contributed by atoms with van der Waals surface area (Å²) in [4.78, 5) is 28.0. The van der Waals surface area contributed by atoms with Gasteiger partial charge in [-0.3, -0.25) is 4.79 Å². The van der Waals surface area contributed by atoms with Gasteiger partial charge >= 0.3 is 5.69 Å². The number of methoxy groups -OCH3 is 1. The zero-order valence-electron chi connectivity index (χ0n) is 14.3. The van der Waals surface area contributed by atoms with Crippen molar-refractivity contribution in [1.29, 1.82) is 0 Å². The number of rotatable bonds is 11. The highest BCUT2D eigenvalue weighted by atomic mass is 32.2. The molecule has 0 aliphatic rings. The number of carbonyl (C=O) groups excluding carboxylic acids is 1. The zero-order valence-corrected chi connectivity index (χ0v) is 15.1. The topological polar surface area (TPSA) is 113 Å². The van der Waals surface area contributed by atoms with E-state index in [1.165, 1.54) is 17.8 Å². The third-order valence-corrected chi connectivity index (χ3v) is 4.30. The van der Waals surface area contributed by atoms with E-state index in [0.29, 0.717) is 26.4 Å². The maximum atomic E-state index is 12.1. The van der Waals surface area contributed by atoms with Gasteiger partial charge in [-0.25, -0.2) is 14.2 Å². The number of amides is 1. The summed E-state index contributed by atoms with van der Waals surface area (Å²) in [6.07, 6.45) is 2.11. The molecule has 0 saturated carbocycles. The standard InChI is InChI=1S/C14H22N6O4S/c1-19-14(22)20-10-16-11(12(20)17-18-19)13(21)15-4-3-8-25-9-7-24-6-5-23-2/h10H,3-9H2,1-2H3,(H,15,21). The highest BCUT2D eigenvalue weighted by Crippen LogP contribution is 2.04. The molecular formula is C14H22N6O4S. The van der Waals surface area contributed by atoms with E-state index in [1.54, 1.807) is 18.9 Å². The van der Waals surface area contributed by atoms with Gasteiger partial charge in [0.25, 0.3) is 5.91 Å². The van der Waals surface area contributed by atoms with Crippen molar-refractivity contribution in [3.8, 4) is 0 Å². The second-order valence-corrected chi connectivity index (χ2v) is 6.33. The molecule has 2 rings (SSSR count). The molecule has 0 spiro atoms. The Kier molecular flexibility index (Phi) is 7.82. The molecule has 0 atom stereocenters. The van der Waals surface area contributed by atoms with E-state index in [0.717, 1.165) is 22.6 Å². The number of nitrogens with zero attached hydrogens (tertiary/aromatic N) is 5. The predicted octanol–water partition coefficient (Wildman–Crippen LogP) is -0.661. The molecule has 0 unspecified atom stereocenters. The van der Waals surface area contributed by atoms with Crippen LogP contribution in [-0.2, 0) is 16.5 Å². The van der Waals surface area contributed by atoms with Crippen LogP contribution in [0.25, 0.3) is 5.65 Å². The molecule has 25 heavy (non-hydrogen) atoms. The van der Waals surface area contributed by atoms with Crippen molar-refractivity contribution < 1.29 is 14.3 Å². The van der Waals surface area contributed by atoms with Crippen LogP contribution in [0, 0.1) is 0 Å². The molecule has 1 N–H and O–H groups in total. The molecule has 11 heteroatoms. The van der Waals surface area contributed by atoms with Crippen molar-refractivity contribution >= 4 is 23.3 Å². The highest BCUT2D eigenvalue weighted by molar-refractivity contribution is 7.99. The Hall–Kier alpha value is -1.98. The minimum atomic E-state index is -0.402. The highest BCUT2D eigenvalue weighted by Gasteiger charge is 2.16. The minimum Gasteiger partial charge on any atom is -0.382 e. The number of carbonyl (C=O) groups is 1. The SMILES string of the molecule is COCCOCCSCCCNC(=O)c1ncn2c(=O)n(C)nnc12. The number of aromatic nitrogens is 5. The second-order valence-electron chi connectivity index (χ2n) is 5.11. The van der Waals surface area contributed by atoms with E-state index >= 15 is 0 Å². The van der Waals surface area contributed by atoms with Crippen molar-refractivity contribution in [2.45, 2.75) is 6.42 Å². The summed E-state index contributed by atoms with van der Waals surface area (Å²) in [5.74, 6) is 1.46. The van der Waals surface area contributed by atoms with Crippen LogP contribution in [0.1, 0.15) is 16.9 Å². The van der Waals surface area contributed by atoms with E-state index < -0.39 is 5.69 Å². The van der Waals surface area contributed by atoms with Crippen LogP contribution in [0.2, 0.25) is 0 Å². The molecule has 10 nitrogen and oxygen atoms in total. The van der Waals surface area contributed by atoms with Crippen LogP contribution < -0.4 is 11.0 Å². The third kappa shape index (κ3) is 5.51. The van der Waals surface area contributed by atoms with Gasteiger partial charge in [-0.1, -0.05) is 5.21 Å². The number of aryl methyl sites for hydroxylation is 1. The molecule has 0 aliphatic carbocycles. The number of thioether (sulfide) groups is 1. The smallest absolute Gasteiger partial charge is 0.352 e. The van der Waals surface area contributed by atoms with Crippen molar-refractivity contribution in [2.24, 2.45) is 7.05 Å². The molecule has 0 aromatic carbocycles. The first-order valence-electron chi connectivity index (χ1n) is 7.85. The zero-order chi connectivity index (χ0) is 18.1. The Morgan fingerprint density at radius 1 is 1.32 bits per heavy atom. The Morgan fingerprint density at radius 2 is 2.16 bits per heavy atom. The van der Waals surface area contributed by atoms with E-state index in [2.05, 4.69) is 20.6 Å². The fourth-order valence-corrected chi connectivity index (χ4v) is 2.75. The van der Waals surface area contributed by atoms with Crippen LogP contribution in [0.3, 0.4) is 0 Å². The number of hydrogen-bond acceptors (Lipinski definition) is 8. The van der Waals surface area contributed by atoms with Gasteiger partial charge in [0.1, 0.15) is 6.33 Å². The van der Waals surface area contributed by atoms with Gasteiger partial charge in [-0.2, -0.15) is 16.4 Å².